The van der Waals surface area contributed by atoms with Crippen LogP contribution in [0.15, 0.2) is 66.7 Å². The van der Waals surface area contributed by atoms with Crippen LogP contribution in [0.2, 0.25) is 0 Å². The number of hydrogen-bond acceptors (Lipinski definition) is 4. The van der Waals surface area contributed by atoms with Gasteiger partial charge in [0.2, 0.25) is 5.91 Å². The maximum Gasteiger partial charge on any atom is 0.258 e. The second kappa shape index (κ2) is 9.19. The molecule has 3 rings (SSSR count). The molecule has 0 bridgehead atoms. The number of amides is 2. The second-order valence-electron chi connectivity index (χ2n) is 6.93. The molecule has 1 aliphatic carbocycles. The Bertz CT molecular complexity index is 906. The summed E-state index contributed by atoms with van der Waals surface area (Å²) in [4.78, 5) is 38.3. The molecular formula is C23H23N2O4-. The van der Waals surface area contributed by atoms with Crippen LogP contribution in [-0.2, 0) is 9.59 Å². The topological polar surface area (TPSA) is 89.5 Å². The number of carboxylic acids is 1. The third kappa shape index (κ3) is 4.71. The molecule has 2 aromatic carbocycles. The summed E-state index contributed by atoms with van der Waals surface area (Å²) < 4.78 is 0. The Labute approximate surface area is 169 Å². The summed E-state index contributed by atoms with van der Waals surface area (Å²) in [6, 6.07) is 16.0. The van der Waals surface area contributed by atoms with Gasteiger partial charge in [-0.1, -0.05) is 30.4 Å². The third-order valence-electron chi connectivity index (χ3n) is 5.10. The second-order valence-corrected chi connectivity index (χ2v) is 6.93. The number of allylic oxidation sites excluding steroid dienone is 2. The fraction of sp³-hybridized carbons (Fsp3) is 0.261. The van der Waals surface area contributed by atoms with Crippen LogP contribution in [0.4, 0.5) is 11.4 Å². The zero-order valence-corrected chi connectivity index (χ0v) is 16.2. The highest BCUT2D eigenvalue weighted by molar-refractivity contribution is 6.06. The lowest BCUT2D eigenvalue weighted by Gasteiger charge is -2.28. The van der Waals surface area contributed by atoms with Crippen molar-refractivity contribution in [3.8, 4) is 0 Å². The molecule has 6 nitrogen and oxygen atoms in total. The summed E-state index contributed by atoms with van der Waals surface area (Å²) in [5.74, 6) is -3.20. The van der Waals surface area contributed by atoms with Crippen LogP contribution in [0.3, 0.4) is 0 Å². The number of benzene rings is 2. The van der Waals surface area contributed by atoms with E-state index in [1.807, 2.05) is 43.3 Å². The Morgan fingerprint density at radius 3 is 2.17 bits per heavy atom. The molecule has 0 saturated heterocycles. The smallest absolute Gasteiger partial charge is 0.258 e. The number of nitrogens with one attached hydrogen (secondary N) is 1. The van der Waals surface area contributed by atoms with Crippen molar-refractivity contribution in [3.05, 3.63) is 72.3 Å². The Balaban J connectivity index is 1.70. The van der Waals surface area contributed by atoms with Gasteiger partial charge in [0, 0.05) is 35.4 Å². The molecule has 29 heavy (non-hydrogen) atoms. The molecule has 0 radical (unpaired) electrons. The first-order valence-electron chi connectivity index (χ1n) is 9.65. The van der Waals surface area contributed by atoms with Gasteiger partial charge in [-0.05, 0) is 56.2 Å². The van der Waals surface area contributed by atoms with E-state index in [1.54, 1.807) is 35.2 Å². The van der Waals surface area contributed by atoms with E-state index in [-0.39, 0.29) is 11.8 Å². The first kappa shape index (κ1) is 20.3. The first-order chi connectivity index (χ1) is 14.0. The summed E-state index contributed by atoms with van der Waals surface area (Å²) in [5, 5.41) is 14.0. The average molecular weight is 391 g/mol. The van der Waals surface area contributed by atoms with E-state index < -0.39 is 17.8 Å². The number of carboxylic acid groups (broad SMARTS) is 1. The standard InChI is InChI=1S/C23H24N2O4/c1-2-25(18-8-4-3-5-9-18)22(27)16-12-14-17(15-13-16)24-21(26)19-10-6-7-11-20(19)23(28)29/h3-9,12-15,19-20H,2,10-11H2,1H3,(H,24,26)(H,28,29)/p-1/t19-,20+/m1/s1. The van der Waals surface area contributed by atoms with Crippen molar-refractivity contribution in [2.24, 2.45) is 11.8 Å². The van der Waals surface area contributed by atoms with Gasteiger partial charge in [0.1, 0.15) is 0 Å². The predicted octanol–water partition coefficient (Wildman–Crippen LogP) is 2.62. The molecule has 1 aliphatic rings. The van der Waals surface area contributed by atoms with Crippen LogP contribution < -0.4 is 15.3 Å². The number of aliphatic carboxylic acids is 1. The van der Waals surface area contributed by atoms with Gasteiger partial charge in [-0.3, -0.25) is 9.59 Å². The van der Waals surface area contributed by atoms with Crippen LogP contribution in [0.5, 0.6) is 0 Å². The molecule has 2 amide bonds. The molecule has 2 atom stereocenters. The summed E-state index contributed by atoms with van der Waals surface area (Å²) >= 11 is 0. The van der Waals surface area contributed by atoms with E-state index in [0.717, 1.165) is 5.69 Å². The SMILES string of the molecule is CCN(C(=O)c1ccc(NC(=O)[C@@H]2CC=CC[C@@H]2C(=O)[O-])cc1)c1ccccc1. The Morgan fingerprint density at radius 1 is 0.966 bits per heavy atom. The van der Waals surface area contributed by atoms with Crippen molar-refractivity contribution < 1.29 is 19.5 Å². The van der Waals surface area contributed by atoms with Crippen molar-refractivity contribution in [1.29, 1.82) is 0 Å². The fourth-order valence-corrected chi connectivity index (χ4v) is 3.50. The van der Waals surface area contributed by atoms with Gasteiger partial charge in [0.25, 0.3) is 5.91 Å². The van der Waals surface area contributed by atoms with Crippen LogP contribution in [-0.4, -0.2) is 24.3 Å². The van der Waals surface area contributed by atoms with E-state index in [2.05, 4.69) is 5.32 Å². The molecule has 150 valence electrons. The molecule has 0 saturated carbocycles. The number of nitrogens with zero attached hydrogens (tertiary/aromatic N) is 1. The van der Waals surface area contributed by atoms with Gasteiger partial charge in [0.15, 0.2) is 0 Å². The highest BCUT2D eigenvalue weighted by Gasteiger charge is 2.29. The van der Waals surface area contributed by atoms with Crippen molar-refractivity contribution in [1.82, 2.24) is 0 Å². The van der Waals surface area contributed by atoms with Gasteiger partial charge >= 0.3 is 0 Å². The van der Waals surface area contributed by atoms with Crippen molar-refractivity contribution in [3.63, 3.8) is 0 Å². The first-order valence-corrected chi connectivity index (χ1v) is 9.65. The van der Waals surface area contributed by atoms with Crippen LogP contribution in [0.25, 0.3) is 0 Å². The maximum absolute atomic E-state index is 12.8. The lowest BCUT2D eigenvalue weighted by atomic mass is 9.82. The van der Waals surface area contributed by atoms with E-state index in [9.17, 15) is 19.5 Å². The summed E-state index contributed by atoms with van der Waals surface area (Å²) in [6.07, 6.45) is 4.23. The molecule has 0 unspecified atom stereocenters. The predicted molar refractivity (Wildman–Crippen MR) is 109 cm³/mol. The molecular weight excluding hydrogens is 368 g/mol. The van der Waals surface area contributed by atoms with Gasteiger partial charge in [-0.15, -0.1) is 0 Å². The molecule has 1 N–H and O–H groups in total. The number of carbonyl (C=O) groups excluding carboxylic acids is 3. The molecule has 2 aromatic rings. The monoisotopic (exact) mass is 391 g/mol. The average Bonchev–Trinajstić information content (AvgIpc) is 2.75. The highest BCUT2D eigenvalue weighted by atomic mass is 16.4. The number of carbonyl (C=O) groups is 3. The van der Waals surface area contributed by atoms with Crippen molar-refractivity contribution in [2.45, 2.75) is 19.8 Å². The Kier molecular flexibility index (Phi) is 6.44. The Hall–Kier alpha value is -3.41. The van der Waals surface area contributed by atoms with Crippen LogP contribution in [0.1, 0.15) is 30.1 Å². The number of hydrogen-bond donors (Lipinski definition) is 1. The molecule has 0 aliphatic heterocycles. The molecule has 6 heteroatoms. The largest absolute Gasteiger partial charge is 0.550 e. The number of anilines is 2. The van der Waals surface area contributed by atoms with Crippen molar-refractivity contribution >= 4 is 29.2 Å². The summed E-state index contributed by atoms with van der Waals surface area (Å²) in [5.41, 5.74) is 1.83. The lowest BCUT2D eigenvalue weighted by molar-refractivity contribution is -0.313. The Morgan fingerprint density at radius 2 is 1.59 bits per heavy atom. The van der Waals surface area contributed by atoms with E-state index in [0.29, 0.717) is 30.6 Å². The minimum Gasteiger partial charge on any atom is -0.550 e. The molecule has 0 aromatic heterocycles. The van der Waals surface area contributed by atoms with Gasteiger partial charge in [-0.25, -0.2) is 0 Å². The van der Waals surface area contributed by atoms with E-state index in [1.165, 1.54) is 0 Å². The zero-order valence-electron chi connectivity index (χ0n) is 16.2. The molecule has 0 spiro atoms. The van der Waals surface area contributed by atoms with Gasteiger partial charge in [-0.2, -0.15) is 0 Å². The third-order valence-corrected chi connectivity index (χ3v) is 5.10. The summed E-state index contributed by atoms with van der Waals surface area (Å²) in [7, 11) is 0. The molecule has 0 fully saturated rings. The summed E-state index contributed by atoms with van der Waals surface area (Å²) in [6.45, 7) is 2.44. The highest BCUT2D eigenvalue weighted by Crippen LogP contribution is 2.27. The minimum absolute atomic E-state index is 0.133. The van der Waals surface area contributed by atoms with Crippen molar-refractivity contribution in [2.75, 3.05) is 16.8 Å². The zero-order chi connectivity index (χ0) is 20.8. The van der Waals surface area contributed by atoms with Gasteiger partial charge in [0.05, 0.1) is 5.92 Å². The fourth-order valence-electron chi connectivity index (χ4n) is 3.50. The van der Waals surface area contributed by atoms with E-state index >= 15 is 0 Å². The van der Waals surface area contributed by atoms with E-state index in [4.69, 9.17) is 0 Å². The quantitative estimate of drug-likeness (QED) is 0.767. The van der Waals surface area contributed by atoms with Crippen LogP contribution in [0, 0.1) is 11.8 Å². The number of para-hydroxylation sites is 1. The number of rotatable bonds is 6. The molecule has 0 heterocycles. The minimum atomic E-state index is -1.21. The maximum atomic E-state index is 12.8. The normalized spacial score (nSPS) is 18.1. The lowest BCUT2D eigenvalue weighted by Crippen LogP contribution is -2.41. The van der Waals surface area contributed by atoms with Gasteiger partial charge < -0.3 is 20.1 Å². The van der Waals surface area contributed by atoms with Crippen LogP contribution >= 0.6 is 0 Å².